The third-order valence-corrected chi connectivity index (χ3v) is 5.07. The summed E-state index contributed by atoms with van der Waals surface area (Å²) in [5, 5.41) is 0. The lowest BCUT2D eigenvalue weighted by Gasteiger charge is -2.30. The molecule has 0 aromatic heterocycles. The van der Waals surface area contributed by atoms with E-state index in [4.69, 9.17) is 0 Å². The van der Waals surface area contributed by atoms with Gasteiger partial charge in [0.05, 0.1) is 20.6 Å². The van der Waals surface area contributed by atoms with Crippen molar-refractivity contribution in [1.29, 1.82) is 0 Å². The molecule has 1 rings (SSSR count). The maximum absolute atomic E-state index is 9.75. The summed E-state index contributed by atoms with van der Waals surface area (Å²) >= 11 is 0. The molecule has 0 aliphatic heterocycles. The molecule has 1 nitrogen and oxygen atoms in total. The van der Waals surface area contributed by atoms with E-state index in [0.29, 0.717) is 0 Å². The van der Waals surface area contributed by atoms with Crippen LogP contribution in [-0.4, -0.2) is 32.4 Å². The number of unbranched alkanes of at least 4 members (excludes halogenated alkanes) is 11. The van der Waals surface area contributed by atoms with E-state index in [2.05, 4.69) is 51.4 Å². The number of quaternary nitrogens is 1. The molecule has 6 heteroatoms. The van der Waals surface area contributed by atoms with E-state index in [0.717, 1.165) is 11.0 Å². The molecule has 29 heavy (non-hydrogen) atoms. The number of nitrogens with zero attached hydrogens (tertiary/aromatic N) is 1. The van der Waals surface area contributed by atoms with Crippen molar-refractivity contribution in [2.75, 3.05) is 20.6 Å². The minimum Gasteiger partial charge on any atom is -0.418 e. The summed E-state index contributed by atoms with van der Waals surface area (Å²) in [4.78, 5) is 0. The molecule has 0 bridgehead atoms. The van der Waals surface area contributed by atoms with Crippen LogP contribution in [0.3, 0.4) is 0 Å². The van der Waals surface area contributed by atoms with Crippen LogP contribution in [0.1, 0.15) is 89.5 Å². The molecular formula is C23H42BF4N. The Kier molecular flexibility index (Phi) is 16.1. The molecule has 1 aromatic carbocycles. The summed E-state index contributed by atoms with van der Waals surface area (Å²) in [6.07, 6.45) is 17.2. The van der Waals surface area contributed by atoms with Gasteiger partial charge in [0.1, 0.15) is 6.54 Å². The molecule has 0 radical (unpaired) electrons. The fourth-order valence-electron chi connectivity index (χ4n) is 3.54. The molecule has 0 aliphatic carbocycles. The van der Waals surface area contributed by atoms with Gasteiger partial charge in [-0.3, -0.25) is 0 Å². The van der Waals surface area contributed by atoms with Gasteiger partial charge in [-0.25, -0.2) is 0 Å². The first-order chi connectivity index (χ1) is 13.6. The summed E-state index contributed by atoms with van der Waals surface area (Å²) in [6.45, 7) is 4.74. The van der Waals surface area contributed by atoms with Crippen LogP contribution in [0.15, 0.2) is 30.3 Å². The molecule has 0 heterocycles. The van der Waals surface area contributed by atoms with Crippen LogP contribution in [0, 0.1) is 0 Å². The lowest BCUT2D eigenvalue weighted by molar-refractivity contribution is -0.903. The van der Waals surface area contributed by atoms with Crippen molar-refractivity contribution in [2.45, 2.75) is 90.5 Å². The van der Waals surface area contributed by atoms with Gasteiger partial charge in [0.15, 0.2) is 0 Å². The molecule has 0 saturated heterocycles. The van der Waals surface area contributed by atoms with Crippen molar-refractivity contribution in [3.05, 3.63) is 35.9 Å². The van der Waals surface area contributed by atoms with Gasteiger partial charge in [0, 0.05) is 5.56 Å². The number of rotatable bonds is 15. The summed E-state index contributed by atoms with van der Waals surface area (Å²) in [6, 6.07) is 10.9. The molecule has 0 atom stereocenters. The third-order valence-electron chi connectivity index (χ3n) is 5.07. The van der Waals surface area contributed by atoms with Crippen LogP contribution < -0.4 is 0 Å². The van der Waals surface area contributed by atoms with Gasteiger partial charge in [-0.15, -0.1) is 0 Å². The summed E-state index contributed by atoms with van der Waals surface area (Å²) < 4.78 is 40.1. The second-order valence-electron chi connectivity index (χ2n) is 8.69. The maximum atomic E-state index is 9.75. The monoisotopic (exact) mass is 419 g/mol. The lowest BCUT2D eigenvalue weighted by atomic mass is 10.1. The first-order valence-electron chi connectivity index (χ1n) is 11.4. The van der Waals surface area contributed by atoms with Gasteiger partial charge >= 0.3 is 7.25 Å². The van der Waals surface area contributed by atoms with E-state index < -0.39 is 7.25 Å². The van der Waals surface area contributed by atoms with Crippen LogP contribution in [0.25, 0.3) is 0 Å². The van der Waals surface area contributed by atoms with Crippen LogP contribution in [0.5, 0.6) is 0 Å². The highest BCUT2D eigenvalue weighted by molar-refractivity contribution is 6.50. The van der Waals surface area contributed by atoms with Crippen molar-refractivity contribution in [3.63, 3.8) is 0 Å². The molecule has 0 fully saturated rings. The average molecular weight is 419 g/mol. The van der Waals surface area contributed by atoms with Crippen molar-refractivity contribution in [3.8, 4) is 0 Å². The first kappa shape index (κ1) is 28.0. The van der Waals surface area contributed by atoms with Crippen LogP contribution in [-0.2, 0) is 6.54 Å². The van der Waals surface area contributed by atoms with E-state index in [1.165, 1.54) is 89.2 Å². The van der Waals surface area contributed by atoms with Crippen molar-refractivity contribution < 1.29 is 21.7 Å². The minimum absolute atomic E-state index is 1.11. The molecule has 1 aromatic rings. The van der Waals surface area contributed by atoms with Gasteiger partial charge in [0.2, 0.25) is 0 Å². The molecule has 0 saturated carbocycles. The van der Waals surface area contributed by atoms with E-state index in [1.807, 2.05) is 0 Å². The van der Waals surface area contributed by atoms with E-state index in [9.17, 15) is 17.3 Å². The quantitative estimate of drug-likeness (QED) is 0.116. The van der Waals surface area contributed by atoms with Crippen LogP contribution in [0.2, 0.25) is 0 Å². The zero-order chi connectivity index (χ0) is 22.0. The zero-order valence-corrected chi connectivity index (χ0v) is 18.8. The Morgan fingerprint density at radius 1 is 0.655 bits per heavy atom. The Labute approximate surface area is 176 Å². The van der Waals surface area contributed by atoms with Gasteiger partial charge in [-0.05, 0) is 12.8 Å². The van der Waals surface area contributed by atoms with Crippen molar-refractivity contribution in [2.24, 2.45) is 0 Å². The smallest absolute Gasteiger partial charge is 0.418 e. The highest BCUT2D eigenvalue weighted by Gasteiger charge is 2.20. The van der Waals surface area contributed by atoms with E-state index in [-0.39, 0.29) is 0 Å². The Morgan fingerprint density at radius 3 is 1.45 bits per heavy atom. The zero-order valence-electron chi connectivity index (χ0n) is 18.8. The van der Waals surface area contributed by atoms with Gasteiger partial charge in [0.25, 0.3) is 0 Å². The molecule has 170 valence electrons. The van der Waals surface area contributed by atoms with Crippen molar-refractivity contribution >= 4 is 7.25 Å². The van der Waals surface area contributed by atoms with Gasteiger partial charge in [-0.2, -0.15) is 0 Å². The Morgan fingerprint density at radius 2 is 1.03 bits per heavy atom. The van der Waals surface area contributed by atoms with Crippen LogP contribution >= 0.6 is 0 Å². The molecule has 0 amide bonds. The van der Waals surface area contributed by atoms with E-state index in [1.54, 1.807) is 0 Å². The third kappa shape index (κ3) is 23.1. The Bertz CT molecular complexity index is 472. The molecule has 0 unspecified atom stereocenters. The predicted octanol–water partition coefficient (Wildman–Crippen LogP) is 8.26. The minimum atomic E-state index is -6.00. The standard InChI is InChI=1S/C23H42N.BF4/c1-4-5-6-7-8-9-10-11-12-13-14-18-21-24(2,3)22-23-19-16-15-17-20-23;2-1(3,4)5/h15-17,19-20H,4-14,18,21-22H2,1-3H3;/q+1;-1. The molecular weight excluding hydrogens is 377 g/mol. The van der Waals surface area contributed by atoms with Crippen LogP contribution in [0.4, 0.5) is 17.3 Å². The number of halogens is 4. The number of hydrogen-bond donors (Lipinski definition) is 0. The second kappa shape index (κ2) is 16.7. The Hall–Kier alpha value is -1.04. The molecule has 0 N–H and O–H groups in total. The summed E-state index contributed by atoms with van der Waals surface area (Å²) in [5.41, 5.74) is 1.46. The largest absolute Gasteiger partial charge is 0.673 e. The maximum Gasteiger partial charge on any atom is 0.673 e. The highest BCUT2D eigenvalue weighted by Crippen LogP contribution is 2.14. The second-order valence-corrected chi connectivity index (χ2v) is 8.69. The highest BCUT2D eigenvalue weighted by atomic mass is 19.5. The molecule has 0 aliphatic rings. The van der Waals surface area contributed by atoms with Gasteiger partial charge < -0.3 is 21.7 Å². The fourth-order valence-corrected chi connectivity index (χ4v) is 3.54. The Balaban J connectivity index is 0.00000139. The van der Waals surface area contributed by atoms with Crippen molar-refractivity contribution in [1.82, 2.24) is 0 Å². The average Bonchev–Trinajstić information content (AvgIpc) is 2.61. The summed E-state index contributed by atoms with van der Waals surface area (Å²) in [5.74, 6) is 0. The predicted molar refractivity (Wildman–Crippen MR) is 118 cm³/mol. The topological polar surface area (TPSA) is 0 Å². The number of hydrogen-bond acceptors (Lipinski definition) is 0. The normalized spacial score (nSPS) is 11.8. The first-order valence-corrected chi connectivity index (χ1v) is 11.4. The van der Waals surface area contributed by atoms with E-state index >= 15 is 0 Å². The SMILES string of the molecule is CCCCCCCCCCCCCC[N+](C)(C)Cc1ccccc1.F[B-](F)(F)F. The lowest BCUT2D eigenvalue weighted by Crippen LogP contribution is -2.39. The summed E-state index contributed by atoms with van der Waals surface area (Å²) in [7, 11) is -1.27. The van der Waals surface area contributed by atoms with Gasteiger partial charge in [-0.1, -0.05) is 101 Å². The number of benzene rings is 1. The fraction of sp³-hybridized carbons (Fsp3) is 0.739. The molecule has 0 spiro atoms.